The Morgan fingerprint density at radius 2 is 2.22 bits per heavy atom. The molecule has 3 rings (SSSR count). The summed E-state index contributed by atoms with van der Waals surface area (Å²) in [6.45, 7) is 1.82. The van der Waals surface area contributed by atoms with Crippen LogP contribution in [0.15, 0.2) is 36.7 Å². The number of anilines is 1. The van der Waals surface area contributed by atoms with E-state index in [0.29, 0.717) is 5.56 Å². The Hall–Kier alpha value is -2.56. The van der Waals surface area contributed by atoms with Gasteiger partial charge in [-0.2, -0.15) is 5.10 Å². The van der Waals surface area contributed by atoms with Crippen molar-refractivity contribution in [2.45, 2.75) is 6.92 Å². The van der Waals surface area contributed by atoms with Gasteiger partial charge in [0.05, 0.1) is 11.8 Å². The number of H-pyrrole nitrogens is 2. The minimum atomic E-state index is -0.156. The van der Waals surface area contributed by atoms with E-state index in [0.717, 1.165) is 22.3 Å². The normalized spacial score (nSPS) is 10.7. The van der Waals surface area contributed by atoms with Gasteiger partial charge in [-0.1, -0.05) is 0 Å². The van der Waals surface area contributed by atoms with Crippen molar-refractivity contribution in [3.05, 3.63) is 47.9 Å². The number of fused-ring (bicyclic) bond motifs is 1. The first-order valence-electron chi connectivity index (χ1n) is 5.62. The number of hydrogen-bond acceptors (Lipinski definition) is 2. The standard InChI is InChI=1S/C13H12N4O/c1-8-11(7-15-17-8)13(18)16-10-2-3-12-9(6-10)4-5-14-12/h2-7,14H,1H3,(H,15,17)(H,16,18). The predicted molar refractivity (Wildman–Crippen MR) is 69.6 cm³/mol. The summed E-state index contributed by atoms with van der Waals surface area (Å²) in [6, 6.07) is 7.70. The first kappa shape index (κ1) is 10.6. The van der Waals surface area contributed by atoms with E-state index in [9.17, 15) is 4.79 Å². The molecular weight excluding hydrogens is 228 g/mol. The lowest BCUT2D eigenvalue weighted by Gasteiger charge is -2.04. The van der Waals surface area contributed by atoms with E-state index >= 15 is 0 Å². The predicted octanol–water partition coefficient (Wildman–Crippen LogP) is 2.45. The van der Waals surface area contributed by atoms with Gasteiger partial charge in [0.15, 0.2) is 0 Å². The molecule has 0 aliphatic carbocycles. The zero-order chi connectivity index (χ0) is 12.5. The third-order valence-electron chi connectivity index (χ3n) is 2.89. The van der Waals surface area contributed by atoms with Crippen LogP contribution < -0.4 is 5.32 Å². The highest BCUT2D eigenvalue weighted by Gasteiger charge is 2.10. The molecule has 2 heterocycles. The molecule has 0 aliphatic rings. The van der Waals surface area contributed by atoms with Gasteiger partial charge < -0.3 is 10.3 Å². The molecule has 90 valence electrons. The van der Waals surface area contributed by atoms with Crippen LogP contribution >= 0.6 is 0 Å². The maximum atomic E-state index is 12.0. The second kappa shape index (κ2) is 4.03. The summed E-state index contributed by atoms with van der Waals surface area (Å²) < 4.78 is 0. The number of hydrogen-bond donors (Lipinski definition) is 3. The molecule has 1 amide bonds. The summed E-state index contributed by atoms with van der Waals surface area (Å²) >= 11 is 0. The van der Waals surface area contributed by atoms with Gasteiger partial charge in [0.1, 0.15) is 0 Å². The molecule has 0 atom stereocenters. The van der Waals surface area contributed by atoms with Crippen molar-refractivity contribution >= 4 is 22.5 Å². The fraction of sp³-hybridized carbons (Fsp3) is 0.0769. The number of nitrogens with zero attached hydrogens (tertiary/aromatic N) is 1. The van der Waals surface area contributed by atoms with Gasteiger partial charge in [-0.25, -0.2) is 0 Å². The Balaban J connectivity index is 1.88. The summed E-state index contributed by atoms with van der Waals surface area (Å²) in [4.78, 5) is 15.1. The number of benzene rings is 1. The first-order chi connectivity index (χ1) is 8.74. The average Bonchev–Trinajstić information content (AvgIpc) is 2.96. The van der Waals surface area contributed by atoms with Gasteiger partial charge >= 0.3 is 0 Å². The van der Waals surface area contributed by atoms with Crippen LogP contribution in [0.5, 0.6) is 0 Å². The average molecular weight is 240 g/mol. The molecule has 0 bridgehead atoms. The lowest BCUT2D eigenvalue weighted by molar-refractivity contribution is 0.102. The fourth-order valence-electron chi connectivity index (χ4n) is 1.91. The molecule has 5 nitrogen and oxygen atoms in total. The number of aryl methyl sites for hydroxylation is 1. The molecule has 1 aromatic carbocycles. The van der Waals surface area contributed by atoms with E-state index in [4.69, 9.17) is 0 Å². The summed E-state index contributed by atoms with van der Waals surface area (Å²) in [5.41, 5.74) is 3.14. The van der Waals surface area contributed by atoms with Crippen molar-refractivity contribution in [3.63, 3.8) is 0 Å². The van der Waals surface area contributed by atoms with Crippen molar-refractivity contribution in [1.82, 2.24) is 15.2 Å². The zero-order valence-electron chi connectivity index (χ0n) is 9.82. The van der Waals surface area contributed by atoms with E-state index in [2.05, 4.69) is 20.5 Å². The molecule has 0 radical (unpaired) electrons. The van der Waals surface area contributed by atoms with E-state index < -0.39 is 0 Å². The lowest BCUT2D eigenvalue weighted by Crippen LogP contribution is -2.12. The van der Waals surface area contributed by atoms with Crippen molar-refractivity contribution in [2.75, 3.05) is 5.32 Å². The minimum Gasteiger partial charge on any atom is -0.361 e. The Labute approximate surface area is 103 Å². The van der Waals surface area contributed by atoms with Crippen molar-refractivity contribution in [2.24, 2.45) is 0 Å². The highest BCUT2D eigenvalue weighted by molar-refractivity contribution is 6.05. The van der Waals surface area contributed by atoms with E-state index in [1.165, 1.54) is 6.20 Å². The van der Waals surface area contributed by atoms with Crippen LogP contribution in [0.2, 0.25) is 0 Å². The van der Waals surface area contributed by atoms with Crippen molar-refractivity contribution < 1.29 is 4.79 Å². The SMILES string of the molecule is Cc1[nH]ncc1C(=O)Nc1ccc2[nH]ccc2c1. The van der Waals surface area contributed by atoms with Gasteiger partial charge in [0.25, 0.3) is 5.91 Å². The minimum absolute atomic E-state index is 0.156. The molecule has 3 N–H and O–H groups in total. The molecular formula is C13H12N4O. The highest BCUT2D eigenvalue weighted by atomic mass is 16.1. The molecule has 0 fully saturated rings. The molecule has 3 aromatic rings. The topological polar surface area (TPSA) is 73.6 Å². The van der Waals surface area contributed by atoms with E-state index in [1.54, 1.807) is 0 Å². The molecule has 0 spiro atoms. The second-order valence-electron chi connectivity index (χ2n) is 4.14. The molecule has 0 saturated heterocycles. The third kappa shape index (κ3) is 1.75. The van der Waals surface area contributed by atoms with Gasteiger partial charge in [-0.15, -0.1) is 0 Å². The number of aromatic amines is 2. The largest absolute Gasteiger partial charge is 0.361 e. The lowest BCUT2D eigenvalue weighted by atomic mass is 10.2. The third-order valence-corrected chi connectivity index (χ3v) is 2.89. The van der Waals surface area contributed by atoms with Crippen LogP contribution in [0.1, 0.15) is 16.1 Å². The zero-order valence-corrected chi connectivity index (χ0v) is 9.82. The van der Waals surface area contributed by atoms with Crippen LogP contribution in [0.3, 0.4) is 0 Å². The summed E-state index contributed by atoms with van der Waals surface area (Å²) in [5, 5.41) is 10.5. The Morgan fingerprint density at radius 1 is 1.33 bits per heavy atom. The summed E-state index contributed by atoms with van der Waals surface area (Å²) in [6.07, 6.45) is 3.40. The van der Waals surface area contributed by atoms with Gasteiger partial charge in [0.2, 0.25) is 0 Å². The van der Waals surface area contributed by atoms with Crippen LogP contribution in [-0.4, -0.2) is 21.1 Å². The molecule has 2 aromatic heterocycles. The molecule has 0 aliphatic heterocycles. The maximum absolute atomic E-state index is 12.0. The summed E-state index contributed by atoms with van der Waals surface area (Å²) in [5.74, 6) is -0.156. The number of nitrogens with one attached hydrogen (secondary N) is 3. The maximum Gasteiger partial charge on any atom is 0.259 e. The van der Waals surface area contributed by atoms with Crippen molar-refractivity contribution in [1.29, 1.82) is 0 Å². The fourth-order valence-corrected chi connectivity index (χ4v) is 1.91. The molecule has 0 unspecified atom stereocenters. The number of rotatable bonds is 2. The quantitative estimate of drug-likeness (QED) is 0.643. The van der Waals surface area contributed by atoms with Crippen LogP contribution in [-0.2, 0) is 0 Å². The van der Waals surface area contributed by atoms with Gasteiger partial charge in [-0.3, -0.25) is 9.89 Å². The van der Waals surface area contributed by atoms with Gasteiger partial charge in [-0.05, 0) is 31.2 Å². The van der Waals surface area contributed by atoms with E-state index in [1.807, 2.05) is 37.4 Å². The second-order valence-corrected chi connectivity index (χ2v) is 4.14. The Morgan fingerprint density at radius 3 is 3.00 bits per heavy atom. The number of aromatic nitrogens is 3. The Bertz CT molecular complexity index is 710. The molecule has 0 saturated carbocycles. The highest BCUT2D eigenvalue weighted by Crippen LogP contribution is 2.18. The first-order valence-corrected chi connectivity index (χ1v) is 5.62. The molecule has 18 heavy (non-hydrogen) atoms. The van der Waals surface area contributed by atoms with Crippen LogP contribution in [0.4, 0.5) is 5.69 Å². The summed E-state index contributed by atoms with van der Waals surface area (Å²) in [7, 11) is 0. The monoisotopic (exact) mass is 240 g/mol. The van der Waals surface area contributed by atoms with Gasteiger partial charge in [0, 0.05) is 28.5 Å². The Kier molecular flexibility index (Phi) is 2.37. The number of amides is 1. The van der Waals surface area contributed by atoms with Crippen LogP contribution in [0.25, 0.3) is 10.9 Å². The number of carbonyl (C=O) groups is 1. The van der Waals surface area contributed by atoms with Crippen LogP contribution in [0, 0.1) is 6.92 Å². The van der Waals surface area contributed by atoms with E-state index in [-0.39, 0.29) is 5.91 Å². The number of carbonyl (C=O) groups excluding carboxylic acids is 1. The van der Waals surface area contributed by atoms with Crippen molar-refractivity contribution in [3.8, 4) is 0 Å². The molecule has 5 heteroatoms. The smallest absolute Gasteiger partial charge is 0.259 e.